The average Bonchev–Trinajstić information content (AvgIpc) is 2.83. The fourth-order valence-corrected chi connectivity index (χ4v) is 2.32. The summed E-state index contributed by atoms with van der Waals surface area (Å²) in [6.45, 7) is 5.45. The van der Waals surface area contributed by atoms with Crippen LogP contribution in [-0.2, 0) is 14.2 Å². The van der Waals surface area contributed by atoms with E-state index < -0.39 is 36.3 Å². The van der Waals surface area contributed by atoms with Crippen molar-refractivity contribution in [2.75, 3.05) is 25.6 Å². The van der Waals surface area contributed by atoms with Gasteiger partial charge in [-0.1, -0.05) is 12.7 Å². The maximum atomic E-state index is 12.2. The molecule has 1 saturated heterocycles. The van der Waals surface area contributed by atoms with Crippen molar-refractivity contribution in [3.05, 3.63) is 28.8 Å². The standard InChI is InChI=1S/C15H21N3O7/c1-4-9-7-18(13-11(20)10(19)8(2)25-13)14(21)16-12(9)17-15(22)24-6-5-23-3/h4,7-8,10-11,13,19-20H,1,5-6H2,2-3H3,(H,16,17,21,22)/t8-,10?,11?,13-/m1/s1. The Morgan fingerprint density at radius 1 is 1.48 bits per heavy atom. The van der Waals surface area contributed by atoms with Gasteiger partial charge in [0.25, 0.3) is 0 Å². The van der Waals surface area contributed by atoms with Crippen LogP contribution in [0.1, 0.15) is 18.7 Å². The van der Waals surface area contributed by atoms with Gasteiger partial charge in [-0.25, -0.2) is 9.59 Å². The number of carbonyl (C=O) groups excluding carboxylic acids is 1. The third-order valence-electron chi connectivity index (χ3n) is 3.69. The first-order valence-corrected chi connectivity index (χ1v) is 7.59. The number of nitrogens with one attached hydrogen (secondary N) is 1. The predicted molar refractivity (Wildman–Crippen MR) is 87.0 cm³/mol. The fraction of sp³-hybridized carbons (Fsp3) is 0.533. The van der Waals surface area contributed by atoms with Gasteiger partial charge in [-0.05, 0) is 6.92 Å². The smallest absolute Gasteiger partial charge is 0.412 e. The monoisotopic (exact) mass is 355 g/mol. The molecule has 2 rings (SSSR count). The Hall–Kier alpha value is -2.27. The zero-order valence-electron chi connectivity index (χ0n) is 13.9. The molecular weight excluding hydrogens is 334 g/mol. The normalized spacial score (nSPS) is 25.6. The summed E-state index contributed by atoms with van der Waals surface area (Å²) in [5.41, 5.74) is -0.462. The minimum atomic E-state index is -1.29. The molecule has 1 aromatic rings. The molecule has 1 amide bonds. The topological polar surface area (TPSA) is 132 Å². The van der Waals surface area contributed by atoms with Crippen LogP contribution in [0.15, 0.2) is 17.6 Å². The van der Waals surface area contributed by atoms with Crippen molar-refractivity contribution >= 4 is 18.0 Å². The number of aliphatic hydroxyl groups is 2. The molecule has 0 saturated carbocycles. The number of ether oxygens (including phenoxy) is 3. The fourth-order valence-electron chi connectivity index (χ4n) is 2.32. The summed E-state index contributed by atoms with van der Waals surface area (Å²) in [6, 6.07) is 0. The van der Waals surface area contributed by atoms with Gasteiger partial charge in [0.1, 0.15) is 24.6 Å². The zero-order chi connectivity index (χ0) is 18.6. The van der Waals surface area contributed by atoms with E-state index in [2.05, 4.69) is 16.9 Å². The van der Waals surface area contributed by atoms with Crippen molar-refractivity contribution in [1.82, 2.24) is 9.55 Å². The lowest BCUT2D eigenvalue weighted by molar-refractivity contribution is -0.0350. The lowest BCUT2D eigenvalue weighted by Gasteiger charge is -2.18. The molecule has 2 unspecified atom stereocenters. The molecule has 1 aliphatic rings. The average molecular weight is 355 g/mol. The first-order chi connectivity index (χ1) is 11.9. The lowest BCUT2D eigenvalue weighted by Crippen LogP contribution is -2.36. The molecule has 2 heterocycles. The van der Waals surface area contributed by atoms with Crippen LogP contribution in [0.2, 0.25) is 0 Å². The van der Waals surface area contributed by atoms with Crippen molar-refractivity contribution in [1.29, 1.82) is 0 Å². The van der Waals surface area contributed by atoms with Crippen LogP contribution in [0.3, 0.4) is 0 Å². The summed E-state index contributed by atoms with van der Waals surface area (Å²) in [7, 11) is 1.47. The van der Waals surface area contributed by atoms with Crippen molar-refractivity contribution in [3.63, 3.8) is 0 Å². The quantitative estimate of drug-likeness (QED) is 0.594. The molecule has 4 atom stereocenters. The van der Waals surface area contributed by atoms with E-state index in [1.165, 1.54) is 19.4 Å². The van der Waals surface area contributed by atoms with Crippen LogP contribution in [0.4, 0.5) is 10.6 Å². The molecule has 0 bridgehead atoms. The van der Waals surface area contributed by atoms with E-state index in [1.807, 2.05) is 0 Å². The molecule has 3 N–H and O–H groups in total. The predicted octanol–water partition coefficient (Wildman–Crippen LogP) is -0.280. The zero-order valence-corrected chi connectivity index (χ0v) is 13.9. The Balaban J connectivity index is 2.22. The largest absolute Gasteiger partial charge is 0.447 e. The van der Waals surface area contributed by atoms with Crippen molar-refractivity contribution in [2.24, 2.45) is 0 Å². The van der Waals surface area contributed by atoms with E-state index in [0.29, 0.717) is 5.56 Å². The van der Waals surface area contributed by atoms with Crippen LogP contribution in [-0.4, -0.2) is 64.5 Å². The van der Waals surface area contributed by atoms with E-state index in [1.54, 1.807) is 6.92 Å². The van der Waals surface area contributed by atoms with Gasteiger partial charge >= 0.3 is 11.8 Å². The Kier molecular flexibility index (Phi) is 6.26. The molecule has 1 aromatic heterocycles. The third-order valence-corrected chi connectivity index (χ3v) is 3.69. The summed E-state index contributed by atoms with van der Waals surface area (Å²) in [5.74, 6) is -0.0419. The van der Waals surface area contributed by atoms with E-state index in [4.69, 9.17) is 14.2 Å². The number of amides is 1. The van der Waals surface area contributed by atoms with Crippen LogP contribution in [0.5, 0.6) is 0 Å². The number of carbonyl (C=O) groups is 1. The highest BCUT2D eigenvalue weighted by Gasteiger charge is 2.42. The number of methoxy groups -OCH3 is 1. The summed E-state index contributed by atoms with van der Waals surface area (Å²) in [5, 5.41) is 22.1. The van der Waals surface area contributed by atoms with E-state index >= 15 is 0 Å². The summed E-state index contributed by atoms with van der Waals surface area (Å²) >= 11 is 0. The number of aromatic nitrogens is 2. The van der Waals surface area contributed by atoms with Crippen molar-refractivity contribution in [3.8, 4) is 0 Å². The molecule has 10 heteroatoms. The summed E-state index contributed by atoms with van der Waals surface area (Å²) in [4.78, 5) is 27.7. The number of nitrogens with zero attached hydrogens (tertiary/aromatic N) is 2. The maximum absolute atomic E-state index is 12.2. The second kappa shape index (κ2) is 8.21. The van der Waals surface area contributed by atoms with Gasteiger partial charge in [0.05, 0.1) is 12.7 Å². The number of anilines is 1. The molecular formula is C15H21N3O7. The van der Waals surface area contributed by atoms with E-state index in [-0.39, 0.29) is 19.0 Å². The maximum Gasteiger partial charge on any atom is 0.412 e. The van der Waals surface area contributed by atoms with Gasteiger partial charge in [0, 0.05) is 18.9 Å². The highest BCUT2D eigenvalue weighted by Crippen LogP contribution is 2.28. The SMILES string of the molecule is C=Cc1cn([C@@H]2O[C@H](C)C(O)C2O)c(=O)nc1NC(=O)OCCOC. The number of rotatable bonds is 6. The molecule has 10 nitrogen and oxygen atoms in total. The second-order valence-electron chi connectivity index (χ2n) is 5.41. The van der Waals surface area contributed by atoms with Crippen LogP contribution >= 0.6 is 0 Å². The summed E-state index contributed by atoms with van der Waals surface area (Å²) in [6.07, 6.45) is -2.26. The first-order valence-electron chi connectivity index (χ1n) is 7.59. The second-order valence-corrected chi connectivity index (χ2v) is 5.41. The summed E-state index contributed by atoms with van der Waals surface area (Å²) < 4.78 is 16.0. The first kappa shape index (κ1) is 19.1. The molecule has 1 aliphatic heterocycles. The Morgan fingerprint density at radius 3 is 2.76 bits per heavy atom. The van der Waals surface area contributed by atoms with Gasteiger partial charge in [0.2, 0.25) is 0 Å². The third kappa shape index (κ3) is 4.23. The number of aliphatic hydroxyl groups excluding tert-OH is 2. The van der Waals surface area contributed by atoms with E-state index in [0.717, 1.165) is 4.57 Å². The van der Waals surface area contributed by atoms with Crippen LogP contribution in [0.25, 0.3) is 6.08 Å². The van der Waals surface area contributed by atoms with Crippen LogP contribution in [0, 0.1) is 0 Å². The molecule has 25 heavy (non-hydrogen) atoms. The van der Waals surface area contributed by atoms with Gasteiger partial charge in [-0.3, -0.25) is 9.88 Å². The molecule has 0 aromatic carbocycles. The van der Waals surface area contributed by atoms with E-state index in [9.17, 15) is 19.8 Å². The Morgan fingerprint density at radius 2 is 2.20 bits per heavy atom. The Bertz CT molecular complexity index is 690. The minimum Gasteiger partial charge on any atom is -0.447 e. The van der Waals surface area contributed by atoms with Gasteiger partial charge < -0.3 is 24.4 Å². The molecule has 0 radical (unpaired) electrons. The Labute approximate surface area is 143 Å². The van der Waals surface area contributed by atoms with Gasteiger partial charge in [-0.15, -0.1) is 0 Å². The van der Waals surface area contributed by atoms with Gasteiger partial charge in [0.15, 0.2) is 6.23 Å². The molecule has 0 aliphatic carbocycles. The number of hydrogen-bond donors (Lipinski definition) is 3. The lowest BCUT2D eigenvalue weighted by atomic mass is 10.1. The van der Waals surface area contributed by atoms with Crippen molar-refractivity contribution < 1.29 is 29.2 Å². The van der Waals surface area contributed by atoms with Crippen molar-refractivity contribution in [2.45, 2.75) is 31.5 Å². The van der Waals surface area contributed by atoms with Gasteiger partial charge in [-0.2, -0.15) is 4.98 Å². The number of hydrogen-bond acceptors (Lipinski definition) is 8. The molecule has 138 valence electrons. The minimum absolute atomic E-state index is 0.0419. The molecule has 1 fully saturated rings. The highest BCUT2D eigenvalue weighted by molar-refractivity contribution is 5.85. The van der Waals surface area contributed by atoms with Crippen LogP contribution < -0.4 is 11.0 Å². The molecule has 0 spiro atoms. The highest BCUT2D eigenvalue weighted by atomic mass is 16.6.